The van der Waals surface area contributed by atoms with Crippen molar-refractivity contribution in [1.82, 2.24) is 10.3 Å². The molecule has 1 unspecified atom stereocenters. The van der Waals surface area contributed by atoms with Crippen LogP contribution in [0.3, 0.4) is 0 Å². The summed E-state index contributed by atoms with van der Waals surface area (Å²) in [5, 5.41) is 2.91. The standard InChI is InChI=1S/C22H17BrF2N2O2/c23-17-10-11-19(29-22(24)25)16(14-17)9-12-20(28)27-21(15-6-2-1-3-7-15)18-8-4-5-13-26-18/h1-14,21-22H,(H,27,28)/b12-9+. The van der Waals surface area contributed by atoms with Crippen molar-refractivity contribution < 1.29 is 18.3 Å². The highest BCUT2D eigenvalue weighted by Crippen LogP contribution is 2.26. The van der Waals surface area contributed by atoms with Crippen LogP contribution in [0, 0.1) is 0 Å². The van der Waals surface area contributed by atoms with E-state index >= 15 is 0 Å². The highest BCUT2D eigenvalue weighted by molar-refractivity contribution is 9.10. The predicted octanol–water partition coefficient (Wildman–Crippen LogP) is 5.36. The van der Waals surface area contributed by atoms with Gasteiger partial charge in [-0.2, -0.15) is 8.78 Å². The summed E-state index contributed by atoms with van der Waals surface area (Å²) in [4.78, 5) is 16.9. The maximum absolute atomic E-state index is 12.6. The van der Waals surface area contributed by atoms with Crippen LogP contribution in [0.25, 0.3) is 6.08 Å². The van der Waals surface area contributed by atoms with Gasteiger partial charge in [-0.15, -0.1) is 0 Å². The van der Waals surface area contributed by atoms with E-state index in [0.717, 1.165) is 5.56 Å². The fourth-order valence-electron chi connectivity index (χ4n) is 2.73. The molecule has 0 aliphatic rings. The van der Waals surface area contributed by atoms with Crippen LogP contribution in [0.5, 0.6) is 5.75 Å². The fraction of sp³-hybridized carbons (Fsp3) is 0.0909. The molecule has 29 heavy (non-hydrogen) atoms. The monoisotopic (exact) mass is 458 g/mol. The van der Waals surface area contributed by atoms with Crippen molar-refractivity contribution >= 4 is 27.9 Å². The minimum atomic E-state index is -2.95. The molecule has 0 aliphatic carbocycles. The Morgan fingerprint density at radius 1 is 1.07 bits per heavy atom. The highest BCUT2D eigenvalue weighted by atomic mass is 79.9. The first-order valence-corrected chi connectivity index (χ1v) is 9.51. The molecule has 3 rings (SSSR count). The van der Waals surface area contributed by atoms with E-state index in [1.807, 2.05) is 42.5 Å². The van der Waals surface area contributed by atoms with Gasteiger partial charge in [-0.3, -0.25) is 9.78 Å². The lowest BCUT2D eigenvalue weighted by atomic mass is 10.0. The molecule has 0 aliphatic heterocycles. The van der Waals surface area contributed by atoms with Gasteiger partial charge in [0.05, 0.1) is 11.7 Å². The summed E-state index contributed by atoms with van der Waals surface area (Å²) in [6.07, 6.45) is 4.36. The number of rotatable bonds is 7. The molecule has 0 saturated carbocycles. The third-order valence-electron chi connectivity index (χ3n) is 4.01. The lowest BCUT2D eigenvalue weighted by Gasteiger charge is -2.18. The van der Waals surface area contributed by atoms with E-state index in [9.17, 15) is 13.6 Å². The molecule has 148 valence electrons. The quantitative estimate of drug-likeness (QED) is 0.484. The second-order valence-electron chi connectivity index (χ2n) is 6.00. The zero-order chi connectivity index (χ0) is 20.6. The van der Waals surface area contributed by atoms with Crippen molar-refractivity contribution in [3.63, 3.8) is 0 Å². The summed E-state index contributed by atoms with van der Waals surface area (Å²) in [7, 11) is 0. The zero-order valence-corrected chi connectivity index (χ0v) is 16.7. The molecule has 0 spiro atoms. The van der Waals surface area contributed by atoms with Gasteiger partial charge in [-0.1, -0.05) is 52.3 Å². The number of hydrogen-bond donors (Lipinski definition) is 1. The van der Waals surface area contributed by atoms with Gasteiger partial charge in [-0.05, 0) is 42.0 Å². The Labute approximate surface area is 175 Å². The number of benzene rings is 2. The van der Waals surface area contributed by atoms with Crippen molar-refractivity contribution in [2.45, 2.75) is 12.7 Å². The molecular weight excluding hydrogens is 442 g/mol. The van der Waals surface area contributed by atoms with Gasteiger partial charge in [-0.25, -0.2) is 0 Å². The Hall–Kier alpha value is -3.06. The molecule has 3 aromatic rings. The lowest BCUT2D eigenvalue weighted by molar-refractivity contribution is -0.116. The molecule has 4 nitrogen and oxygen atoms in total. The average molecular weight is 459 g/mol. The van der Waals surface area contributed by atoms with Crippen molar-refractivity contribution in [1.29, 1.82) is 0 Å². The van der Waals surface area contributed by atoms with Gasteiger partial charge in [0.2, 0.25) is 5.91 Å². The third-order valence-corrected chi connectivity index (χ3v) is 4.50. The van der Waals surface area contributed by atoms with Crippen LogP contribution < -0.4 is 10.1 Å². The van der Waals surface area contributed by atoms with Crippen LogP contribution in [-0.2, 0) is 4.79 Å². The summed E-state index contributed by atoms with van der Waals surface area (Å²) >= 11 is 3.29. The van der Waals surface area contributed by atoms with Gasteiger partial charge in [0.25, 0.3) is 0 Å². The molecule has 1 heterocycles. The predicted molar refractivity (Wildman–Crippen MR) is 110 cm³/mol. The van der Waals surface area contributed by atoms with Crippen LogP contribution in [-0.4, -0.2) is 17.5 Å². The Bertz CT molecular complexity index is 943. The van der Waals surface area contributed by atoms with Crippen molar-refractivity contribution in [2.75, 3.05) is 0 Å². The van der Waals surface area contributed by atoms with E-state index in [-0.39, 0.29) is 5.75 Å². The van der Waals surface area contributed by atoms with Crippen molar-refractivity contribution in [3.8, 4) is 5.75 Å². The normalized spacial score (nSPS) is 12.1. The Morgan fingerprint density at radius 3 is 2.52 bits per heavy atom. The van der Waals surface area contributed by atoms with Crippen LogP contribution in [0.1, 0.15) is 22.9 Å². The zero-order valence-electron chi connectivity index (χ0n) is 15.1. The number of carbonyl (C=O) groups is 1. The SMILES string of the molecule is O=C(/C=C/c1cc(Br)ccc1OC(F)F)NC(c1ccccc1)c1ccccn1. The van der Waals surface area contributed by atoms with Crippen LogP contribution in [0.15, 0.2) is 83.5 Å². The lowest BCUT2D eigenvalue weighted by Crippen LogP contribution is -2.28. The van der Waals surface area contributed by atoms with Crippen LogP contribution >= 0.6 is 15.9 Å². The molecule has 1 aromatic heterocycles. The van der Waals surface area contributed by atoms with E-state index in [1.165, 1.54) is 18.2 Å². The fourth-order valence-corrected chi connectivity index (χ4v) is 3.11. The summed E-state index contributed by atoms with van der Waals surface area (Å²) in [6.45, 7) is -2.95. The summed E-state index contributed by atoms with van der Waals surface area (Å²) in [6, 6.07) is 19.0. The molecule has 1 atom stereocenters. The largest absolute Gasteiger partial charge is 0.434 e. The number of nitrogens with zero attached hydrogens (tertiary/aromatic N) is 1. The number of aromatic nitrogens is 1. The first-order valence-electron chi connectivity index (χ1n) is 8.72. The Balaban J connectivity index is 1.82. The maximum Gasteiger partial charge on any atom is 0.387 e. The molecule has 0 saturated heterocycles. The number of alkyl halides is 2. The van der Waals surface area contributed by atoms with Gasteiger partial charge >= 0.3 is 6.61 Å². The maximum atomic E-state index is 12.6. The second-order valence-corrected chi connectivity index (χ2v) is 6.92. The average Bonchev–Trinajstić information content (AvgIpc) is 2.73. The molecule has 7 heteroatoms. The van der Waals surface area contributed by atoms with Crippen LogP contribution in [0.2, 0.25) is 0 Å². The molecule has 0 radical (unpaired) electrons. The molecule has 1 N–H and O–H groups in total. The molecule has 1 amide bonds. The Morgan fingerprint density at radius 2 is 1.83 bits per heavy atom. The summed E-state index contributed by atoms with van der Waals surface area (Å²) < 4.78 is 30.4. The van der Waals surface area contributed by atoms with E-state index < -0.39 is 18.6 Å². The highest BCUT2D eigenvalue weighted by Gasteiger charge is 2.17. The number of pyridine rings is 1. The van der Waals surface area contributed by atoms with Crippen molar-refractivity contribution in [2.24, 2.45) is 0 Å². The third kappa shape index (κ3) is 5.96. The first kappa shape index (κ1) is 20.7. The summed E-state index contributed by atoms with van der Waals surface area (Å²) in [5.41, 5.74) is 1.91. The number of nitrogens with one attached hydrogen (secondary N) is 1. The van der Waals surface area contributed by atoms with Crippen LogP contribution in [0.4, 0.5) is 8.78 Å². The number of carbonyl (C=O) groups excluding carboxylic acids is 1. The second kappa shape index (κ2) is 9.93. The molecular formula is C22H17BrF2N2O2. The minimum Gasteiger partial charge on any atom is -0.434 e. The van der Waals surface area contributed by atoms with E-state index in [1.54, 1.807) is 24.4 Å². The minimum absolute atomic E-state index is 0.0171. The smallest absolute Gasteiger partial charge is 0.387 e. The van der Waals surface area contributed by atoms with Gasteiger partial charge in [0.15, 0.2) is 0 Å². The number of hydrogen-bond acceptors (Lipinski definition) is 3. The van der Waals surface area contributed by atoms with E-state index in [4.69, 9.17) is 0 Å². The summed E-state index contributed by atoms with van der Waals surface area (Å²) in [5.74, 6) is -0.413. The topological polar surface area (TPSA) is 51.2 Å². The number of ether oxygens (including phenoxy) is 1. The first-order chi connectivity index (χ1) is 14.0. The number of amides is 1. The Kier molecular flexibility index (Phi) is 7.08. The molecule has 0 fully saturated rings. The van der Waals surface area contributed by atoms with Gasteiger partial charge in [0.1, 0.15) is 5.75 Å². The molecule has 0 bridgehead atoms. The molecule has 2 aromatic carbocycles. The van der Waals surface area contributed by atoms with E-state index in [0.29, 0.717) is 15.7 Å². The number of halogens is 3. The van der Waals surface area contributed by atoms with Crippen molar-refractivity contribution in [3.05, 3.63) is 100 Å². The van der Waals surface area contributed by atoms with Gasteiger partial charge < -0.3 is 10.1 Å². The van der Waals surface area contributed by atoms with E-state index in [2.05, 4.69) is 31.0 Å². The van der Waals surface area contributed by atoms with Gasteiger partial charge in [0, 0.05) is 22.3 Å².